The highest BCUT2D eigenvalue weighted by Crippen LogP contribution is 2.21. The second-order valence-electron chi connectivity index (χ2n) is 4.19. The van der Waals surface area contributed by atoms with Gasteiger partial charge in [0.05, 0.1) is 6.10 Å². The molecule has 6 heteroatoms. The minimum Gasteiger partial charge on any atom is -0.392 e. The van der Waals surface area contributed by atoms with Crippen LogP contribution in [0.2, 0.25) is 5.02 Å². The third-order valence-corrected chi connectivity index (χ3v) is 4.75. The fraction of sp³-hybridized carbons (Fsp3) is 0.500. The second kappa shape index (κ2) is 7.38. The smallest absolute Gasteiger partial charge is 0.147 e. The first kappa shape index (κ1) is 15.8. The van der Waals surface area contributed by atoms with Crippen LogP contribution in [-0.2, 0) is 9.84 Å². The monoisotopic (exact) mass is 308 g/mol. The van der Waals surface area contributed by atoms with Gasteiger partial charge in [0, 0.05) is 27.7 Å². The van der Waals surface area contributed by atoms with Crippen LogP contribution in [0.1, 0.15) is 12.8 Å². The Morgan fingerprint density at radius 2 is 1.94 bits per heavy atom. The number of aliphatic hydroxyl groups is 1. The van der Waals surface area contributed by atoms with Gasteiger partial charge in [0.2, 0.25) is 0 Å². The summed E-state index contributed by atoms with van der Waals surface area (Å²) in [4.78, 5) is 1.04. The number of thioether (sulfide) groups is 1. The maximum atomic E-state index is 10.9. The Morgan fingerprint density at radius 3 is 2.50 bits per heavy atom. The van der Waals surface area contributed by atoms with Gasteiger partial charge < -0.3 is 5.11 Å². The average Bonchev–Trinajstić information content (AvgIpc) is 2.26. The van der Waals surface area contributed by atoms with E-state index in [2.05, 4.69) is 0 Å². The van der Waals surface area contributed by atoms with Gasteiger partial charge in [-0.1, -0.05) is 11.6 Å². The molecule has 0 saturated carbocycles. The SMILES string of the molecule is CS(=O)(=O)CCCC(O)CSc1ccc(Cl)cc1. The van der Waals surface area contributed by atoms with Crippen molar-refractivity contribution >= 4 is 33.2 Å². The molecule has 3 nitrogen and oxygen atoms in total. The van der Waals surface area contributed by atoms with E-state index in [4.69, 9.17) is 11.6 Å². The van der Waals surface area contributed by atoms with E-state index in [0.717, 1.165) is 4.90 Å². The molecular formula is C12H17ClO3S2. The lowest BCUT2D eigenvalue weighted by Crippen LogP contribution is -2.12. The van der Waals surface area contributed by atoms with Crippen molar-refractivity contribution in [3.63, 3.8) is 0 Å². The van der Waals surface area contributed by atoms with E-state index in [1.165, 1.54) is 18.0 Å². The number of halogens is 1. The Labute approximate surface area is 117 Å². The van der Waals surface area contributed by atoms with Crippen molar-refractivity contribution < 1.29 is 13.5 Å². The zero-order valence-electron chi connectivity index (χ0n) is 10.2. The molecule has 0 bridgehead atoms. The van der Waals surface area contributed by atoms with Crippen LogP contribution >= 0.6 is 23.4 Å². The maximum Gasteiger partial charge on any atom is 0.147 e. The highest BCUT2D eigenvalue weighted by molar-refractivity contribution is 7.99. The number of hydrogen-bond acceptors (Lipinski definition) is 4. The van der Waals surface area contributed by atoms with Crippen LogP contribution < -0.4 is 0 Å². The van der Waals surface area contributed by atoms with Crippen molar-refractivity contribution in [3.05, 3.63) is 29.3 Å². The molecule has 0 spiro atoms. The summed E-state index contributed by atoms with van der Waals surface area (Å²) in [5, 5.41) is 10.4. The second-order valence-corrected chi connectivity index (χ2v) is 7.98. The first-order valence-corrected chi connectivity index (χ1v) is 9.03. The third kappa shape index (κ3) is 7.26. The molecule has 0 saturated heterocycles. The lowest BCUT2D eigenvalue weighted by Gasteiger charge is -2.09. The summed E-state index contributed by atoms with van der Waals surface area (Å²) in [6.07, 6.45) is 1.74. The number of sulfone groups is 1. The summed E-state index contributed by atoms with van der Waals surface area (Å²) < 4.78 is 21.8. The Bertz CT molecular complexity index is 457. The standard InChI is InChI=1S/C12H17ClO3S2/c1-18(15,16)8-2-3-11(14)9-17-12-6-4-10(13)5-7-12/h4-7,11,14H,2-3,8-9H2,1H3. The average molecular weight is 309 g/mol. The number of rotatable bonds is 7. The summed E-state index contributed by atoms with van der Waals surface area (Å²) >= 11 is 7.31. The van der Waals surface area contributed by atoms with Gasteiger partial charge in [-0.05, 0) is 37.1 Å². The fourth-order valence-electron chi connectivity index (χ4n) is 1.39. The molecule has 1 rings (SSSR count). The molecule has 1 unspecified atom stereocenters. The van der Waals surface area contributed by atoms with Crippen molar-refractivity contribution in [1.82, 2.24) is 0 Å². The van der Waals surface area contributed by atoms with E-state index in [9.17, 15) is 13.5 Å². The summed E-state index contributed by atoms with van der Waals surface area (Å²) in [7, 11) is -2.92. The first-order chi connectivity index (χ1) is 8.37. The Hall–Kier alpha value is -0.230. The molecule has 0 aromatic heterocycles. The fourth-order valence-corrected chi connectivity index (χ4v) is 3.08. The van der Waals surface area contributed by atoms with Gasteiger partial charge in [0.25, 0.3) is 0 Å². The van der Waals surface area contributed by atoms with Gasteiger partial charge >= 0.3 is 0 Å². The zero-order valence-corrected chi connectivity index (χ0v) is 12.6. The number of benzene rings is 1. The van der Waals surface area contributed by atoms with E-state index in [1.54, 1.807) is 12.1 Å². The molecule has 102 valence electrons. The lowest BCUT2D eigenvalue weighted by atomic mass is 10.2. The molecule has 0 aliphatic carbocycles. The Balaban J connectivity index is 2.24. The van der Waals surface area contributed by atoms with Crippen molar-refractivity contribution in [2.75, 3.05) is 17.8 Å². The van der Waals surface area contributed by atoms with Crippen LogP contribution in [0.25, 0.3) is 0 Å². The van der Waals surface area contributed by atoms with Gasteiger partial charge in [-0.2, -0.15) is 0 Å². The number of hydrogen-bond donors (Lipinski definition) is 1. The summed E-state index contributed by atoms with van der Waals surface area (Å²) in [5.41, 5.74) is 0. The Morgan fingerprint density at radius 1 is 1.33 bits per heavy atom. The highest BCUT2D eigenvalue weighted by atomic mass is 35.5. The largest absolute Gasteiger partial charge is 0.392 e. The van der Waals surface area contributed by atoms with E-state index in [-0.39, 0.29) is 5.75 Å². The minimum absolute atomic E-state index is 0.135. The van der Waals surface area contributed by atoms with Crippen molar-refractivity contribution in [1.29, 1.82) is 0 Å². The molecule has 1 aromatic rings. The molecule has 0 heterocycles. The first-order valence-electron chi connectivity index (χ1n) is 5.61. The maximum absolute atomic E-state index is 10.9. The molecule has 0 aliphatic rings. The molecule has 18 heavy (non-hydrogen) atoms. The molecular weight excluding hydrogens is 292 g/mol. The molecule has 0 aliphatic heterocycles. The lowest BCUT2D eigenvalue weighted by molar-refractivity contribution is 0.188. The van der Waals surface area contributed by atoms with Crippen LogP contribution in [0, 0.1) is 0 Å². The van der Waals surface area contributed by atoms with Gasteiger partial charge in [0.15, 0.2) is 0 Å². The topological polar surface area (TPSA) is 54.4 Å². The van der Waals surface area contributed by atoms with Gasteiger partial charge in [-0.15, -0.1) is 11.8 Å². The van der Waals surface area contributed by atoms with Gasteiger partial charge in [-0.25, -0.2) is 8.42 Å². The van der Waals surface area contributed by atoms with E-state index in [1.807, 2.05) is 12.1 Å². The zero-order chi connectivity index (χ0) is 13.6. The number of aliphatic hydroxyl groups excluding tert-OH is 1. The van der Waals surface area contributed by atoms with E-state index in [0.29, 0.717) is 23.6 Å². The van der Waals surface area contributed by atoms with Gasteiger partial charge in [-0.3, -0.25) is 0 Å². The van der Waals surface area contributed by atoms with Crippen molar-refractivity contribution in [3.8, 4) is 0 Å². The van der Waals surface area contributed by atoms with Gasteiger partial charge in [0.1, 0.15) is 9.84 Å². The molecule has 1 N–H and O–H groups in total. The van der Waals surface area contributed by atoms with Crippen LogP contribution in [0.5, 0.6) is 0 Å². The van der Waals surface area contributed by atoms with E-state index < -0.39 is 15.9 Å². The van der Waals surface area contributed by atoms with Crippen molar-refractivity contribution in [2.24, 2.45) is 0 Å². The van der Waals surface area contributed by atoms with E-state index >= 15 is 0 Å². The van der Waals surface area contributed by atoms with Crippen LogP contribution in [0.3, 0.4) is 0 Å². The summed E-state index contributed by atoms with van der Waals surface area (Å²) in [6, 6.07) is 7.41. The predicted molar refractivity (Wildman–Crippen MR) is 77.1 cm³/mol. The quantitative estimate of drug-likeness (QED) is 0.787. The highest BCUT2D eigenvalue weighted by Gasteiger charge is 2.08. The minimum atomic E-state index is -2.92. The summed E-state index contributed by atoms with van der Waals surface area (Å²) in [6.45, 7) is 0. The van der Waals surface area contributed by atoms with Crippen LogP contribution in [0.4, 0.5) is 0 Å². The normalized spacial score (nSPS) is 13.5. The molecule has 0 fully saturated rings. The van der Waals surface area contributed by atoms with Crippen LogP contribution in [-0.4, -0.2) is 37.4 Å². The molecule has 1 atom stereocenters. The molecule has 0 radical (unpaired) electrons. The molecule has 0 amide bonds. The predicted octanol–water partition coefficient (Wildman–Crippen LogP) is 2.62. The molecule has 1 aromatic carbocycles. The van der Waals surface area contributed by atoms with Crippen molar-refractivity contribution in [2.45, 2.75) is 23.8 Å². The summed E-state index contributed by atoms with van der Waals surface area (Å²) in [5.74, 6) is 0.696. The Kier molecular flexibility index (Phi) is 6.49. The third-order valence-electron chi connectivity index (χ3n) is 2.31. The van der Waals surface area contributed by atoms with Crippen LogP contribution in [0.15, 0.2) is 29.2 Å².